The van der Waals surface area contributed by atoms with E-state index < -0.39 is 17.7 Å². The second kappa shape index (κ2) is 8.01. The lowest BCUT2D eigenvalue weighted by atomic mass is 9.88. The topological polar surface area (TPSA) is 71.5 Å². The summed E-state index contributed by atoms with van der Waals surface area (Å²) in [7, 11) is 1.81. The standard InChI is InChI=1S/C23H25ClN2O3/c1-13-12-17-16(10-11-18(25-5)26-17)20(14-6-8-15(24)9-7-14)19(13)21(22(27)28)29-23(2,3)4/h6-12,21H,1-5H3,(H,25,26)(H,27,28)/t21-/m0/s1. The van der Waals surface area contributed by atoms with Gasteiger partial charge in [0.2, 0.25) is 0 Å². The first-order valence-electron chi connectivity index (χ1n) is 9.39. The zero-order chi connectivity index (χ0) is 21.3. The third-order valence-corrected chi connectivity index (χ3v) is 4.84. The molecule has 0 saturated carbocycles. The smallest absolute Gasteiger partial charge is 0.337 e. The number of halogens is 1. The molecular formula is C23H25ClN2O3. The third kappa shape index (κ3) is 4.52. The van der Waals surface area contributed by atoms with Crippen LogP contribution >= 0.6 is 11.6 Å². The van der Waals surface area contributed by atoms with E-state index in [1.165, 1.54) is 0 Å². The summed E-state index contributed by atoms with van der Waals surface area (Å²) in [6.45, 7) is 7.44. The lowest BCUT2D eigenvalue weighted by Gasteiger charge is -2.28. The highest BCUT2D eigenvalue weighted by atomic mass is 35.5. The Bertz CT molecular complexity index is 1060. The van der Waals surface area contributed by atoms with E-state index in [0.29, 0.717) is 10.6 Å². The van der Waals surface area contributed by atoms with Gasteiger partial charge in [-0.3, -0.25) is 0 Å². The van der Waals surface area contributed by atoms with Crippen LogP contribution in [0.4, 0.5) is 5.82 Å². The van der Waals surface area contributed by atoms with E-state index in [4.69, 9.17) is 16.3 Å². The molecule has 0 amide bonds. The fourth-order valence-electron chi connectivity index (χ4n) is 3.41. The van der Waals surface area contributed by atoms with Crippen molar-refractivity contribution in [1.29, 1.82) is 0 Å². The monoisotopic (exact) mass is 412 g/mol. The Morgan fingerprint density at radius 2 is 1.83 bits per heavy atom. The van der Waals surface area contributed by atoms with Gasteiger partial charge < -0.3 is 15.2 Å². The van der Waals surface area contributed by atoms with Gasteiger partial charge in [0.1, 0.15) is 5.82 Å². The number of carboxylic acids is 1. The first-order chi connectivity index (χ1) is 13.6. The molecule has 2 N–H and O–H groups in total. The number of rotatable bonds is 5. The average Bonchev–Trinajstić information content (AvgIpc) is 2.64. The third-order valence-electron chi connectivity index (χ3n) is 4.59. The molecule has 2 aromatic carbocycles. The number of aliphatic carboxylic acids is 1. The zero-order valence-corrected chi connectivity index (χ0v) is 18.0. The summed E-state index contributed by atoms with van der Waals surface area (Å²) in [5.74, 6) is -0.287. The van der Waals surface area contributed by atoms with Gasteiger partial charge in [-0.05, 0) is 74.7 Å². The Balaban J connectivity index is 2.38. The highest BCUT2D eigenvalue weighted by Gasteiger charge is 2.31. The maximum atomic E-state index is 12.2. The van der Waals surface area contributed by atoms with Crippen LogP contribution < -0.4 is 5.32 Å². The summed E-state index contributed by atoms with van der Waals surface area (Å²) in [5.41, 5.74) is 3.24. The number of anilines is 1. The van der Waals surface area contributed by atoms with Gasteiger partial charge in [0.15, 0.2) is 6.10 Å². The van der Waals surface area contributed by atoms with Gasteiger partial charge in [-0.15, -0.1) is 0 Å². The highest BCUT2D eigenvalue weighted by molar-refractivity contribution is 6.30. The number of nitrogens with zero attached hydrogens (tertiary/aromatic N) is 1. The van der Waals surface area contributed by atoms with Gasteiger partial charge >= 0.3 is 5.97 Å². The van der Waals surface area contributed by atoms with Gasteiger partial charge in [-0.2, -0.15) is 0 Å². The van der Waals surface area contributed by atoms with Crippen molar-refractivity contribution in [2.75, 3.05) is 12.4 Å². The number of ether oxygens (including phenoxy) is 1. The van der Waals surface area contributed by atoms with Crippen molar-refractivity contribution in [2.24, 2.45) is 0 Å². The first kappa shape index (κ1) is 21.1. The second-order valence-corrected chi connectivity index (χ2v) is 8.39. The van der Waals surface area contributed by atoms with E-state index in [9.17, 15) is 9.90 Å². The summed E-state index contributed by atoms with van der Waals surface area (Å²) in [4.78, 5) is 16.9. The molecule has 5 nitrogen and oxygen atoms in total. The second-order valence-electron chi connectivity index (χ2n) is 7.95. The van der Waals surface area contributed by atoms with Crippen LogP contribution in [0.15, 0.2) is 42.5 Å². The van der Waals surface area contributed by atoms with Gasteiger partial charge in [0, 0.05) is 23.0 Å². The molecule has 3 aromatic rings. The molecule has 6 heteroatoms. The molecule has 29 heavy (non-hydrogen) atoms. The molecule has 1 heterocycles. The number of fused-ring (bicyclic) bond motifs is 1. The van der Waals surface area contributed by atoms with Crippen LogP contribution in [0.25, 0.3) is 22.0 Å². The summed E-state index contributed by atoms with van der Waals surface area (Å²) in [6, 6.07) is 13.1. The van der Waals surface area contributed by atoms with Gasteiger partial charge in [0.05, 0.1) is 11.1 Å². The number of aromatic nitrogens is 1. The van der Waals surface area contributed by atoms with E-state index in [0.717, 1.165) is 33.4 Å². The van der Waals surface area contributed by atoms with Crippen molar-refractivity contribution in [3.05, 3.63) is 58.6 Å². The molecule has 1 atom stereocenters. The molecule has 0 aliphatic carbocycles. The van der Waals surface area contributed by atoms with E-state index in [1.807, 2.05) is 65.1 Å². The van der Waals surface area contributed by atoms with Crippen molar-refractivity contribution in [3.8, 4) is 11.1 Å². The van der Waals surface area contributed by atoms with Crippen molar-refractivity contribution < 1.29 is 14.6 Å². The Morgan fingerprint density at radius 1 is 1.17 bits per heavy atom. The van der Waals surface area contributed by atoms with Crippen LogP contribution in [-0.2, 0) is 9.53 Å². The van der Waals surface area contributed by atoms with Crippen molar-refractivity contribution >= 4 is 34.3 Å². The van der Waals surface area contributed by atoms with Crippen LogP contribution in [-0.4, -0.2) is 28.7 Å². The Kier molecular flexibility index (Phi) is 5.82. The van der Waals surface area contributed by atoms with E-state index >= 15 is 0 Å². The lowest BCUT2D eigenvalue weighted by molar-refractivity contribution is -0.160. The maximum Gasteiger partial charge on any atom is 0.337 e. The number of benzene rings is 2. The number of carboxylic acid groups (broad SMARTS) is 1. The Hall–Kier alpha value is -2.63. The Morgan fingerprint density at radius 3 is 2.38 bits per heavy atom. The Labute approximate surface area is 175 Å². The van der Waals surface area contributed by atoms with Crippen LogP contribution in [0, 0.1) is 6.92 Å². The quantitative estimate of drug-likeness (QED) is 0.550. The predicted octanol–water partition coefficient (Wildman–Crippen LogP) is 5.85. The fourth-order valence-corrected chi connectivity index (χ4v) is 3.54. The van der Waals surface area contributed by atoms with E-state index in [1.54, 1.807) is 12.1 Å². The molecule has 0 saturated heterocycles. The van der Waals surface area contributed by atoms with Crippen LogP contribution in [0.3, 0.4) is 0 Å². The number of pyridine rings is 1. The van der Waals surface area contributed by atoms with E-state index in [2.05, 4.69) is 10.3 Å². The molecule has 0 bridgehead atoms. The summed E-state index contributed by atoms with van der Waals surface area (Å²) in [6.07, 6.45) is -1.12. The van der Waals surface area contributed by atoms with Gasteiger partial charge in [0.25, 0.3) is 0 Å². The van der Waals surface area contributed by atoms with Gasteiger partial charge in [-0.25, -0.2) is 9.78 Å². The number of hydrogen-bond donors (Lipinski definition) is 2. The summed E-state index contributed by atoms with van der Waals surface area (Å²) in [5, 5.41) is 14.5. The molecule has 1 aromatic heterocycles. The number of nitrogens with one attached hydrogen (secondary N) is 1. The average molecular weight is 413 g/mol. The zero-order valence-electron chi connectivity index (χ0n) is 17.2. The summed E-state index contributed by atoms with van der Waals surface area (Å²) < 4.78 is 5.99. The van der Waals surface area contributed by atoms with Crippen molar-refractivity contribution in [1.82, 2.24) is 4.98 Å². The minimum Gasteiger partial charge on any atom is -0.479 e. The largest absolute Gasteiger partial charge is 0.479 e. The van der Waals surface area contributed by atoms with Crippen LogP contribution in [0.1, 0.15) is 38.0 Å². The molecule has 0 spiro atoms. The fraction of sp³-hybridized carbons (Fsp3) is 0.304. The molecule has 152 valence electrons. The number of hydrogen-bond acceptors (Lipinski definition) is 4. The molecule has 3 rings (SSSR count). The molecule has 0 aliphatic rings. The molecule has 0 aliphatic heterocycles. The van der Waals surface area contributed by atoms with Crippen LogP contribution in [0.5, 0.6) is 0 Å². The van der Waals surface area contributed by atoms with E-state index in [-0.39, 0.29) is 0 Å². The lowest BCUT2D eigenvalue weighted by Crippen LogP contribution is -2.28. The normalized spacial score (nSPS) is 12.8. The molecule has 0 unspecified atom stereocenters. The minimum absolute atomic E-state index is 0.614. The highest BCUT2D eigenvalue weighted by Crippen LogP contribution is 2.40. The first-order valence-corrected chi connectivity index (χ1v) is 9.77. The minimum atomic E-state index is -1.12. The predicted molar refractivity (Wildman–Crippen MR) is 118 cm³/mol. The molecular weight excluding hydrogens is 388 g/mol. The SMILES string of the molecule is CNc1ccc2c(-c3ccc(Cl)cc3)c([C@H](OC(C)(C)C)C(=O)O)c(C)cc2n1. The van der Waals surface area contributed by atoms with Crippen LogP contribution in [0.2, 0.25) is 5.02 Å². The van der Waals surface area contributed by atoms with Crippen molar-refractivity contribution in [2.45, 2.75) is 39.4 Å². The molecule has 0 radical (unpaired) electrons. The number of aryl methyl sites for hydroxylation is 1. The van der Waals surface area contributed by atoms with Gasteiger partial charge in [-0.1, -0.05) is 23.7 Å². The number of carbonyl (C=O) groups is 1. The van der Waals surface area contributed by atoms with Crippen molar-refractivity contribution in [3.63, 3.8) is 0 Å². The summed E-state index contributed by atoms with van der Waals surface area (Å²) >= 11 is 6.09. The molecule has 0 fully saturated rings. The maximum absolute atomic E-state index is 12.2.